The van der Waals surface area contributed by atoms with Gasteiger partial charge in [0.25, 0.3) is 0 Å². The minimum atomic E-state index is -4.02. The summed E-state index contributed by atoms with van der Waals surface area (Å²) in [5.74, 6) is 0. The molecule has 6 heteroatoms. The van der Waals surface area contributed by atoms with Crippen LogP contribution in [0.1, 0.15) is 0 Å². The summed E-state index contributed by atoms with van der Waals surface area (Å²) in [6.07, 6.45) is 0. The van der Waals surface area contributed by atoms with E-state index in [2.05, 4.69) is 0 Å². The normalized spacial score (nSPS) is 10.5. The van der Waals surface area contributed by atoms with E-state index in [-0.39, 0.29) is 23.8 Å². The Morgan fingerprint density at radius 2 is 1.58 bits per heavy atom. The van der Waals surface area contributed by atoms with Gasteiger partial charge < -0.3 is 5.14 Å². The van der Waals surface area contributed by atoms with Crippen LogP contribution >= 0.6 is 22.6 Å². The summed E-state index contributed by atoms with van der Waals surface area (Å²) in [7, 11) is -4.02. The molecule has 0 aliphatic rings. The van der Waals surface area contributed by atoms with Crippen LogP contribution in [0.3, 0.4) is 0 Å². The van der Waals surface area contributed by atoms with Crippen molar-refractivity contribution in [1.82, 2.24) is 0 Å². The molecule has 0 saturated carbocycles. The molecule has 0 spiro atoms. The third-order valence-corrected chi connectivity index (χ3v) is 2.70. The first-order valence-corrected chi connectivity index (χ1v) is 5.25. The van der Waals surface area contributed by atoms with Gasteiger partial charge in [-0.1, -0.05) is 0 Å². The third-order valence-electron chi connectivity index (χ3n) is 1.11. The van der Waals surface area contributed by atoms with Crippen molar-refractivity contribution in [3.63, 3.8) is 0 Å². The Balaban J connectivity index is 0.00000121. The van der Waals surface area contributed by atoms with E-state index in [1.54, 1.807) is 12.1 Å². The Labute approximate surface area is 97.1 Å². The maximum atomic E-state index is 10.5. The van der Waals surface area contributed by atoms with E-state index in [9.17, 15) is 8.42 Å². The van der Waals surface area contributed by atoms with Gasteiger partial charge in [0.05, 0.1) is 10.0 Å². The zero-order chi connectivity index (χ0) is 8.48. The van der Waals surface area contributed by atoms with E-state index in [0.29, 0.717) is 0 Å². The molecule has 0 fully saturated rings. The summed E-state index contributed by atoms with van der Waals surface area (Å²) in [6.45, 7) is 0. The predicted molar refractivity (Wildman–Crippen MR) is 49.7 cm³/mol. The van der Waals surface area contributed by atoms with Gasteiger partial charge in [-0.05, 0) is 46.9 Å². The molecule has 0 bridgehead atoms. The maximum Gasteiger partial charge on any atom is 1.00 e. The van der Waals surface area contributed by atoms with Crippen LogP contribution in [0.25, 0.3) is 5.14 Å². The maximum absolute atomic E-state index is 10.5. The van der Waals surface area contributed by atoms with E-state index in [1.165, 1.54) is 12.1 Å². The van der Waals surface area contributed by atoms with E-state index < -0.39 is 10.0 Å². The second-order valence-electron chi connectivity index (χ2n) is 1.93. The van der Waals surface area contributed by atoms with Crippen LogP contribution in [0.4, 0.5) is 0 Å². The van der Waals surface area contributed by atoms with Crippen molar-refractivity contribution >= 4 is 32.6 Å². The van der Waals surface area contributed by atoms with E-state index in [0.717, 1.165) is 3.57 Å². The molecule has 3 nitrogen and oxygen atoms in total. The fraction of sp³-hybridized carbons (Fsp3) is 0. The summed E-state index contributed by atoms with van der Waals surface area (Å²) in [6, 6.07) is 5.95. The zero-order valence-corrected chi connectivity index (χ0v) is 9.33. The fourth-order valence-corrected chi connectivity index (χ4v) is 1.45. The van der Waals surface area contributed by atoms with Crippen molar-refractivity contribution in [2.24, 2.45) is 0 Å². The van der Waals surface area contributed by atoms with Gasteiger partial charge in [-0.15, -0.1) is 0 Å². The molecule has 1 rings (SSSR count). The number of rotatable bonds is 1. The summed E-state index contributed by atoms with van der Waals surface area (Å²) >= 11 is 2.05. The molecular weight excluding hydrogens is 284 g/mol. The smallest absolute Gasteiger partial charge is 0.678 e. The largest absolute Gasteiger partial charge is 1.00 e. The summed E-state index contributed by atoms with van der Waals surface area (Å²) < 4.78 is 21.9. The second kappa shape index (κ2) is 4.63. The van der Waals surface area contributed by atoms with Crippen LogP contribution in [0, 0.1) is 3.57 Å². The molecule has 0 atom stereocenters. The van der Waals surface area contributed by atoms with Crippen LogP contribution in [-0.2, 0) is 10.0 Å². The quantitative estimate of drug-likeness (QED) is 0.482. The summed E-state index contributed by atoms with van der Waals surface area (Å²) in [5, 5.41) is 8.55. The van der Waals surface area contributed by atoms with Crippen LogP contribution in [0.15, 0.2) is 29.2 Å². The number of sulfonamides is 1. The first-order valence-electron chi connectivity index (χ1n) is 2.73. The Morgan fingerprint density at radius 1 is 1.17 bits per heavy atom. The molecule has 0 amide bonds. The number of hydrogen-bond donors (Lipinski definition) is 0. The Kier molecular flexibility index (Phi) is 4.80. The van der Waals surface area contributed by atoms with Crippen molar-refractivity contribution < 1.29 is 27.3 Å². The molecule has 0 aliphatic heterocycles. The monoisotopic (exact) mass is 288 g/mol. The molecule has 0 aromatic heterocycles. The average molecular weight is 288 g/mol. The Morgan fingerprint density at radius 3 is 1.92 bits per heavy atom. The standard InChI is InChI=1S/C6H4INO2S.Li/c7-5-1-3-6(4-2-5)11(8,9)10;/h1-4H;/q-1;+1. The average Bonchev–Trinajstić information content (AvgIpc) is 1.86. The van der Waals surface area contributed by atoms with Gasteiger partial charge in [0, 0.05) is 8.47 Å². The van der Waals surface area contributed by atoms with Gasteiger partial charge in [-0.25, -0.2) is 8.42 Å². The molecule has 0 saturated heterocycles. The Bertz CT molecular complexity index is 348. The first kappa shape index (κ1) is 12.5. The van der Waals surface area contributed by atoms with Crippen molar-refractivity contribution in [3.05, 3.63) is 33.0 Å². The number of benzene rings is 1. The van der Waals surface area contributed by atoms with E-state index in [4.69, 9.17) is 5.14 Å². The SMILES string of the molecule is [Li+].[N-]S(=O)(=O)c1ccc(I)cc1. The molecule has 1 aromatic rings. The molecule has 0 aliphatic carbocycles. The molecule has 1 aromatic carbocycles. The molecule has 0 N–H and O–H groups in total. The molecular formula is C6H4ILiNO2S. The van der Waals surface area contributed by atoms with Crippen LogP contribution in [0.2, 0.25) is 0 Å². The van der Waals surface area contributed by atoms with Crippen LogP contribution in [0.5, 0.6) is 0 Å². The molecule has 0 unspecified atom stereocenters. The molecule has 59 valence electrons. The van der Waals surface area contributed by atoms with Gasteiger partial charge in [-0.3, -0.25) is 0 Å². The molecule has 12 heavy (non-hydrogen) atoms. The van der Waals surface area contributed by atoms with E-state index in [1.807, 2.05) is 22.6 Å². The zero-order valence-electron chi connectivity index (χ0n) is 6.36. The molecule has 0 heterocycles. The number of hydrogen-bond acceptors (Lipinski definition) is 2. The number of nitrogens with zero attached hydrogens (tertiary/aromatic N) is 1. The van der Waals surface area contributed by atoms with Crippen molar-refractivity contribution in [2.45, 2.75) is 4.90 Å². The minimum Gasteiger partial charge on any atom is -0.678 e. The van der Waals surface area contributed by atoms with Gasteiger partial charge in [0.15, 0.2) is 0 Å². The van der Waals surface area contributed by atoms with Crippen LogP contribution in [-0.4, -0.2) is 8.42 Å². The van der Waals surface area contributed by atoms with Crippen molar-refractivity contribution in [3.8, 4) is 0 Å². The predicted octanol–water partition coefficient (Wildman–Crippen LogP) is -1.18. The van der Waals surface area contributed by atoms with Gasteiger partial charge in [0.2, 0.25) is 0 Å². The van der Waals surface area contributed by atoms with Gasteiger partial charge in [-0.2, -0.15) is 0 Å². The summed E-state index contributed by atoms with van der Waals surface area (Å²) in [4.78, 5) is -0.0714. The third kappa shape index (κ3) is 3.45. The van der Waals surface area contributed by atoms with Crippen molar-refractivity contribution in [1.29, 1.82) is 0 Å². The molecule has 1 radical (unpaired) electrons. The first-order chi connectivity index (χ1) is 5.00. The van der Waals surface area contributed by atoms with Crippen molar-refractivity contribution in [2.75, 3.05) is 0 Å². The summed E-state index contributed by atoms with van der Waals surface area (Å²) in [5.41, 5.74) is 0. The van der Waals surface area contributed by atoms with Gasteiger partial charge >= 0.3 is 18.9 Å². The van der Waals surface area contributed by atoms with Gasteiger partial charge in [0.1, 0.15) is 0 Å². The minimum absolute atomic E-state index is 0. The Hall–Kier alpha value is 0.457. The van der Waals surface area contributed by atoms with E-state index >= 15 is 0 Å². The fourth-order valence-electron chi connectivity index (χ4n) is 0.607. The second-order valence-corrected chi connectivity index (χ2v) is 4.60. The van der Waals surface area contributed by atoms with Crippen LogP contribution < -0.4 is 18.9 Å². The number of halogens is 1. The topological polar surface area (TPSA) is 56.4 Å².